The zero-order chi connectivity index (χ0) is 18.4. The van der Waals surface area contributed by atoms with Gasteiger partial charge in [0, 0.05) is 17.7 Å². The van der Waals surface area contributed by atoms with Crippen LogP contribution < -0.4 is 4.74 Å². The van der Waals surface area contributed by atoms with Crippen LogP contribution in [0.3, 0.4) is 0 Å². The van der Waals surface area contributed by atoms with Crippen LogP contribution >= 0.6 is 0 Å². The summed E-state index contributed by atoms with van der Waals surface area (Å²) in [5, 5.41) is 4.00. The Morgan fingerprint density at radius 3 is 2.46 bits per heavy atom. The largest absolute Gasteiger partial charge is 0.494 e. The van der Waals surface area contributed by atoms with Gasteiger partial charge in [-0.25, -0.2) is 0 Å². The number of hydrogen-bond donors (Lipinski definition) is 0. The minimum absolute atomic E-state index is 0.0880. The number of carbonyl (C=O) groups excluding carboxylic acids is 1. The van der Waals surface area contributed by atoms with E-state index < -0.39 is 0 Å². The molecule has 1 heterocycles. The molecule has 0 fully saturated rings. The molecule has 0 radical (unpaired) electrons. The van der Waals surface area contributed by atoms with E-state index in [-0.39, 0.29) is 12.5 Å². The predicted molar refractivity (Wildman–Crippen MR) is 97.8 cm³/mol. The van der Waals surface area contributed by atoms with Crippen molar-refractivity contribution >= 4 is 5.91 Å². The predicted octanol–water partition coefficient (Wildman–Crippen LogP) is 3.80. The van der Waals surface area contributed by atoms with Crippen molar-refractivity contribution in [2.45, 2.75) is 20.4 Å². The van der Waals surface area contributed by atoms with Crippen LogP contribution in [-0.2, 0) is 6.54 Å². The standard InChI is InChI=1S/C20H21N3O3/c1-3-23(20(24)16-10-12-17(13-11-16)25-4-2)14-18-21-19(22-26-18)15-8-6-5-7-9-15/h5-13H,3-4,14H2,1-2H3. The Labute approximate surface area is 152 Å². The molecule has 134 valence electrons. The maximum Gasteiger partial charge on any atom is 0.254 e. The van der Waals surface area contributed by atoms with E-state index in [4.69, 9.17) is 9.26 Å². The van der Waals surface area contributed by atoms with Crippen LogP contribution in [0.15, 0.2) is 59.1 Å². The third-order valence-corrected chi connectivity index (χ3v) is 3.91. The minimum atomic E-state index is -0.0880. The fourth-order valence-electron chi connectivity index (χ4n) is 2.56. The molecule has 3 aromatic rings. The second-order valence-corrected chi connectivity index (χ2v) is 5.65. The van der Waals surface area contributed by atoms with Gasteiger partial charge in [-0.3, -0.25) is 4.79 Å². The topological polar surface area (TPSA) is 68.5 Å². The van der Waals surface area contributed by atoms with Crippen molar-refractivity contribution in [1.29, 1.82) is 0 Å². The molecule has 1 aromatic heterocycles. The zero-order valence-electron chi connectivity index (χ0n) is 14.9. The van der Waals surface area contributed by atoms with Crippen molar-refractivity contribution in [2.24, 2.45) is 0 Å². The molecule has 2 aromatic carbocycles. The maximum absolute atomic E-state index is 12.7. The van der Waals surface area contributed by atoms with Crippen LogP contribution in [0.5, 0.6) is 5.75 Å². The molecule has 0 saturated heterocycles. The van der Waals surface area contributed by atoms with Gasteiger partial charge in [0.1, 0.15) is 12.3 Å². The molecule has 3 rings (SSSR count). The minimum Gasteiger partial charge on any atom is -0.494 e. The second-order valence-electron chi connectivity index (χ2n) is 5.65. The monoisotopic (exact) mass is 351 g/mol. The summed E-state index contributed by atoms with van der Waals surface area (Å²) in [6, 6.07) is 16.7. The highest BCUT2D eigenvalue weighted by molar-refractivity contribution is 5.94. The first kappa shape index (κ1) is 17.7. The van der Waals surface area contributed by atoms with Crippen LogP contribution in [0.2, 0.25) is 0 Å². The van der Waals surface area contributed by atoms with Crippen molar-refractivity contribution in [3.8, 4) is 17.1 Å². The van der Waals surface area contributed by atoms with E-state index in [0.717, 1.165) is 11.3 Å². The highest BCUT2D eigenvalue weighted by atomic mass is 16.5. The molecule has 0 bridgehead atoms. The Bertz CT molecular complexity index is 844. The maximum atomic E-state index is 12.7. The number of aromatic nitrogens is 2. The van der Waals surface area contributed by atoms with Crippen molar-refractivity contribution in [3.05, 3.63) is 66.1 Å². The zero-order valence-corrected chi connectivity index (χ0v) is 14.9. The Hall–Kier alpha value is -3.15. The Balaban J connectivity index is 1.71. The number of rotatable bonds is 7. The number of hydrogen-bond acceptors (Lipinski definition) is 5. The molecule has 0 aliphatic heterocycles. The van der Waals surface area contributed by atoms with Gasteiger partial charge in [-0.15, -0.1) is 0 Å². The molecular formula is C20H21N3O3. The van der Waals surface area contributed by atoms with Crippen molar-refractivity contribution in [1.82, 2.24) is 15.0 Å². The summed E-state index contributed by atoms with van der Waals surface area (Å²) in [5.74, 6) is 1.58. The molecule has 0 aliphatic rings. The van der Waals surface area contributed by atoms with E-state index in [2.05, 4.69) is 10.1 Å². The van der Waals surface area contributed by atoms with Crippen molar-refractivity contribution in [2.75, 3.05) is 13.2 Å². The summed E-state index contributed by atoms with van der Waals surface area (Å²) in [5.41, 5.74) is 1.47. The van der Waals surface area contributed by atoms with E-state index >= 15 is 0 Å². The lowest BCUT2D eigenvalue weighted by Gasteiger charge is -2.19. The van der Waals surface area contributed by atoms with Gasteiger partial charge >= 0.3 is 0 Å². The molecule has 0 N–H and O–H groups in total. The summed E-state index contributed by atoms with van der Waals surface area (Å²) in [6.45, 7) is 5.24. The van der Waals surface area contributed by atoms with E-state index in [1.54, 1.807) is 29.2 Å². The summed E-state index contributed by atoms with van der Waals surface area (Å²) in [7, 11) is 0. The van der Waals surface area contributed by atoms with Crippen molar-refractivity contribution in [3.63, 3.8) is 0 Å². The number of nitrogens with zero attached hydrogens (tertiary/aromatic N) is 3. The Morgan fingerprint density at radius 1 is 1.08 bits per heavy atom. The van der Waals surface area contributed by atoms with E-state index in [0.29, 0.717) is 30.4 Å². The van der Waals surface area contributed by atoms with Crippen LogP contribution in [0.1, 0.15) is 30.1 Å². The molecule has 1 amide bonds. The van der Waals surface area contributed by atoms with Gasteiger partial charge in [0.25, 0.3) is 5.91 Å². The van der Waals surface area contributed by atoms with Gasteiger partial charge in [0.15, 0.2) is 0 Å². The average molecular weight is 351 g/mol. The molecule has 0 unspecified atom stereocenters. The molecule has 26 heavy (non-hydrogen) atoms. The van der Waals surface area contributed by atoms with E-state index in [9.17, 15) is 4.79 Å². The molecule has 0 aliphatic carbocycles. The number of ether oxygens (including phenoxy) is 1. The molecule has 6 heteroatoms. The molecule has 0 atom stereocenters. The van der Waals surface area contributed by atoms with Gasteiger partial charge in [0.05, 0.1) is 6.61 Å². The summed E-state index contributed by atoms with van der Waals surface area (Å²) < 4.78 is 10.7. The third-order valence-electron chi connectivity index (χ3n) is 3.91. The Morgan fingerprint density at radius 2 is 1.81 bits per heavy atom. The second kappa shape index (κ2) is 8.29. The van der Waals surface area contributed by atoms with Gasteiger partial charge < -0.3 is 14.2 Å². The smallest absolute Gasteiger partial charge is 0.254 e. The summed E-state index contributed by atoms with van der Waals surface area (Å²) >= 11 is 0. The molecule has 0 saturated carbocycles. The van der Waals surface area contributed by atoms with E-state index in [1.165, 1.54) is 0 Å². The first-order valence-corrected chi connectivity index (χ1v) is 8.61. The van der Waals surface area contributed by atoms with Crippen LogP contribution in [0.25, 0.3) is 11.4 Å². The molecule has 6 nitrogen and oxygen atoms in total. The first-order chi connectivity index (χ1) is 12.7. The quantitative estimate of drug-likeness (QED) is 0.648. The molecule has 0 spiro atoms. The fraction of sp³-hybridized carbons (Fsp3) is 0.250. The first-order valence-electron chi connectivity index (χ1n) is 8.61. The lowest BCUT2D eigenvalue weighted by atomic mass is 10.2. The highest BCUT2D eigenvalue weighted by Gasteiger charge is 2.18. The van der Waals surface area contributed by atoms with Crippen LogP contribution in [-0.4, -0.2) is 34.1 Å². The normalized spacial score (nSPS) is 10.5. The van der Waals surface area contributed by atoms with Crippen molar-refractivity contribution < 1.29 is 14.1 Å². The fourth-order valence-corrected chi connectivity index (χ4v) is 2.56. The SMILES string of the molecule is CCOc1ccc(C(=O)N(CC)Cc2nc(-c3ccccc3)no2)cc1. The highest BCUT2D eigenvalue weighted by Crippen LogP contribution is 2.17. The molecular weight excluding hydrogens is 330 g/mol. The lowest BCUT2D eigenvalue weighted by molar-refractivity contribution is 0.0734. The van der Waals surface area contributed by atoms with E-state index in [1.807, 2.05) is 44.2 Å². The van der Waals surface area contributed by atoms with Gasteiger partial charge in [-0.1, -0.05) is 35.5 Å². The summed E-state index contributed by atoms with van der Waals surface area (Å²) in [4.78, 5) is 18.8. The number of carbonyl (C=O) groups is 1. The lowest BCUT2D eigenvalue weighted by Crippen LogP contribution is -2.30. The van der Waals surface area contributed by atoms with Gasteiger partial charge in [0.2, 0.25) is 11.7 Å². The van der Waals surface area contributed by atoms with Crippen LogP contribution in [0.4, 0.5) is 0 Å². The third kappa shape index (κ3) is 4.08. The number of benzene rings is 2. The van der Waals surface area contributed by atoms with Gasteiger partial charge in [-0.05, 0) is 38.1 Å². The Kier molecular flexibility index (Phi) is 5.63. The number of amides is 1. The van der Waals surface area contributed by atoms with Gasteiger partial charge in [-0.2, -0.15) is 4.98 Å². The summed E-state index contributed by atoms with van der Waals surface area (Å²) in [6.07, 6.45) is 0. The van der Waals surface area contributed by atoms with Crippen LogP contribution in [0, 0.1) is 0 Å². The average Bonchev–Trinajstić information content (AvgIpc) is 3.16.